The number of methoxy groups -OCH3 is 1. The Morgan fingerprint density at radius 2 is 2.10 bits per heavy atom. The molecule has 4 rings (SSSR count). The summed E-state index contributed by atoms with van der Waals surface area (Å²) in [4.78, 5) is 8.38. The van der Waals surface area contributed by atoms with Crippen LogP contribution in [0.25, 0.3) is 22.3 Å². The molecule has 0 unspecified atom stereocenters. The molecule has 0 aliphatic rings. The Kier molecular flexibility index (Phi) is 2.34. The average molecular weight is 280 g/mol. The van der Waals surface area contributed by atoms with E-state index in [0.717, 1.165) is 22.3 Å². The predicted molar refractivity (Wildman–Crippen MR) is 78.1 cm³/mol. The van der Waals surface area contributed by atoms with E-state index in [4.69, 9.17) is 10.5 Å². The van der Waals surface area contributed by atoms with E-state index in [1.54, 1.807) is 17.8 Å². The molecule has 4 aromatic heterocycles. The SMILES string of the molecule is COc1nc(N)nn2ccc(-c3ccc4nccn4c3)c12. The fraction of sp³-hybridized carbons (Fsp3) is 0.0714. The zero-order valence-corrected chi connectivity index (χ0v) is 11.3. The van der Waals surface area contributed by atoms with E-state index in [1.165, 1.54) is 0 Å². The Morgan fingerprint density at radius 3 is 2.95 bits per heavy atom. The maximum Gasteiger partial charge on any atom is 0.243 e. The number of pyridine rings is 1. The normalized spacial score (nSPS) is 11.3. The number of rotatable bonds is 2. The van der Waals surface area contributed by atoms with Gasteiger partial charge in [-0.1, -0.05) is 0 Å². The van der Waals surface area contributed by atoms with Crippen molar-refractivity contribution in [2.75, 3.05) is 12.8 Å². The first-order chi connectivity index (χ1) is 10.3. The van der Waals surface area contributed by atoms with Crippen LogP contribution in [-0.4, -0.2) is 31.1 Å². The molecule has 21 heavy (non-hydrogen) atoms. The van der Waals surface area contributed by atoms with E-state index in [0.29, 0.717) is 5.88 Å². The Bertz CT molecular complexity index is 955. The van der Waals surface area contributed by atoms with Gasteiger partial charge in [-0.15, -0.1) is 5.10 Å². The van der Waals surface area contributed by atoms with Gasteiger partial charge < -0.3 is 14.9 Å². The lowest BCUT2D eigenvalue weighted by molar-refractivity contribution is 0.400. The summed E-state index contributed by atoms with van der Waals surface area (Å²) in [7, 11) is 1.57. The fourth-order valence-electron chi connectivity index (χ4n) is 2.46. The van der Waals surface area contributed by atoms with Crippen LogP contribution in [0.15, 0.2) is 43.0 Å². The number of aromatic nitrogens is 5. The smallest absolute Gasteiger partial charge is 0.243 e. The predicted octanol–water partition coefficient (Wildman–Crippen LogP) is 1.63. The Balaban J connectivity index is 2.01. The van der Waals surface area contributed by atoms with Crippen molar-refractivity contribution < 1.29 is 4.74 Å². The minimum absolute atomic E-state index is 0.173. The van der Waals surface area contributed by atoms with Crippen molar-refractivity contribution in [3.8, 4) is 17.0 Å². The molecule has 4 aromatic rings. The number of ether oxygens (including phenoxy) is 1. The number of anilines is 1. The lowest BCUT2D eigenvalue weighted by Gasteiger charge is -2.06. The van der Waals surface area contributed by atoms with Crippen LogP contribution in [0.2, 0.25) is 0 Å². The quantitative estimate of drug-likeness (QED) is 0.603. The number of nitrogen functional groups attached to an aromatic ring is 1. The van der Waals surface area contributed by atoms with Gasteiger partial charge >= 0.3 is 0 Å². The third-order valence-corrected chi connectivity index (χ3v) is 3.39. The number of nitrogens with two attached hydrogens (primary N) is 1. The number of hydrogen-bond donors (Lipinski definition) is 1. The molecule has 0 bridgehead atoms. The van der Waals surface area contributed by atoms with Gasteiger partial charge in [0.2, 0.25) is 11.8 Å². The van der Waals surface area contributed by atoms with E-state index in [1.807, 2.05) is 41.2 Å². The van der Waals surface area contributed by atoms with Gasteiger partial charge in [0.05, 0.1) is 7.11 Å². The average Bonchev–Trinajstić information content (AvgIpc) is 3.11. The summed E-state index contributed by atoms with van der Waals surface area (Å²) in [5.41, 5.74) is 9.35. The van der Waals surface area contributed by atoms with Gasteiger partial charge in [-0.25, -0.2) is 9.50 Å². The standard InChI is InChI=1S/C14H12N6O/c1-21-13-12-10(4-6-20(12)18-14(15)17-13)9-2-3-11-16-5-7-19(11)8-9/h2-8H,1H3,(H2,15,18). The summed E-state index contributed by atoms with van der Waals surface area (Å²) in [6.07, 6.45) is 7.51. The highest BCUT2D eigenvalue weighted by atomic mass is 16.5. The van der Waals surface area contributed by atoms with Crippen LogP contribution >= 0.6 is 0 Å². The summed E-state index contributed by atoms with van der Waals surface area (Å²) in [6.45, 7) is 0. The summed E-state index contributed by atoms with van der Waals surface area (Å²) in [5, 5.41) is 4.17. The molecule has 0 atom stereocenters. The van der Waals surface area contributed by atoms with Crippen LogP contribution in [0.5, 0.6) is 5.88 Å². The molecule has 0 aliphatic carbocycles. The number of nitrogens with zero attached hydrogens (tertiary/aromatic N) is 5. The summed E-state index contributed by atoms with van der Waals surface area (Å²) < 4.78 is 8.97. The molecule has 7 nitrogen and oxygen atoms in total. The first kappa shape index (κ1) is 11.7. The van der Waals surface area contributed by atoms with Crippen LogP contribution in [0, 0.1) is 0 Å². The maximum atomic E-state index is 5.67. The first-order valence-electron chi connectivity index (χ1n) is 6.38. The number of hydrogen-bond acceptors (Lipinski definition) is 5. The molecule has 0 amide bonds. The molecule has 0 saturated heterocycles. The maximum absolute atomic E-state index is 5.67. The highest BCUT2D eigenvalue weighted by Crippen LogP contribution is 2.30. The lowest BCUT2D eigenvalue weighted by Crippen LogP contribution is -2.03. The topological polar surface area (TPSA) is 82.7 Å². The van der Waals surface area contributed by atoms with E-state index >= 15 is 0 Å². The molecule has 0 saturated carbocycles. The Labute approximate surface area is 119 Å². The van der Waals surface area contributed by atoms with Crippen molar-refractivity contribution in [2.45, 2.75) is 0 Å². The van der Waals surface area contributed by atoms with E-state index in [2.05, 4.69) is 15.1 Å². The van der Waals surface area contributed by atoms with Gasteiger partial charge in [-0.05, 0) is 18.2 Å². The highest BCUT2D eigenvalue weighted by Gasteiger charge is 2.14. The van der Waals surface area contributed by atoms with E-state index < -0.39 is 0 Å². The third kappa shape index (κ3) is 1.71. The molecule has 7 heteroatoms. The van der Waals surface area contributed by atoms with Crippen LogP contribution < -0.4 is 10.5 Å². The summed E-state index contributed by atoms with van der Waals surface area (Å²) >= 11 is 0. The number of imidazole rings is 1. The van der Waals surface area contributed by atoms with Crippen LogP contribution in [0.4, 0.5) is 5.95 Å². The summed E-state index contributed by atoms with van der Waals surface area (Å²) in [5.74, 6) is 0.625. The molecule has 4 heterocycles. The highest BCUT2D eigenvalue weighted by molar-refractivity contribution is 5.84. The molecule has 0 aromatic carbocycles. The molecule has 0 fully saturated rings. The molecule has 0 radical (unpaired) electrons. The van der Waals surface area contributed by atoms with Gasteiger partial charge in [0.15, 0.2) is 0 Å². The molecule has 0 spiro atoms. The summed E-state index contributed by atoms with van der Waals surface area (Å²) in [6, 6.07) is 5.93. The van der Waals surface area contributed by atoms with Crippen LogP contribution in [0.1, 0.15) is 0 Å². The lowest BCUT2D eigenvalue weighted by atomic mass is 10.1. The van der Waals surface area contributed by atoms with Crippen molar-refractivity contribution >= 4 is 17.1 Å². The molecule has 0 aliphatic heterocycles. The van der Waals surface area contributed by atoms with Crippen molar-refractivity contribution in [2.24, 2.45) is 0 Å². The van der Waals surface area contributed by atoms with Gasteiger partial charge in [0, 0.05) is 35.9 Å². The van der Waals surface area contributed by atoms with Gasteiger partial charge in [-0.3, -0.25) is 0 Å². The zero-order valence-electron chi connectivity index (χ0n) is 11.3. The van der Waals surface area contributed by atoms with Crippen molar-refractivity contribution in [3.63, 3.8) is 0 Å². The van der Waals surface area contributed by atoms with Gasteiger partial charge in [-0.2, -0.15) is 4.98 Å². The molecule has 104 valence electrons. The van der Waals surface area contributed by atoms with Crippen LogP contribution in [-0.2, 0) is 0 Å². The fourth-order valence-corrected chi connectivity index (χ4v) is 2.46. The number of fused-ring (bicyclic) bond motifs is 2. The monoisotopic (exact) mass is 280 g/mol. The third-order valence-electron chi connectivity index (χ3n) is 3.39. The van der Waals surface area contributed by atoms with Gasteiger partial charge in [0.1, 0.15) is 11.2 Å². The second-order valence-corrected chi connectivity index (χ2v) is 4.61. The molecular weight excluding hydrogens is 268 g/mol. The van der Waals surface area contributed by atoms with E-state index in [9.17, 15) is 0 Å². The van der Waals surface area contributed by atoms with Crippen molar-refractivity contribution in [1.82, 2.24) is 24.0 Å². The minimum atomic E-state index is 0.173. The Hall–Kier alpha value is -3.09. The van der Waals surface area contributed by atoms with E-state index in [-0.39, 0.29) is 5.95 Å². The zero-order chi connectivity index (χ0) is 14.4. The Morgan fingerprint density at radius 1 is 1.19 bits per heavy atom. The largest absolute Gasteiger partial charge is 0.479 e. The minimum Gasteiger partial charge on any atom is -0.479 e. The van der Waals surface area contributed by atoms with Crippen molar-refractivity contribution in [1.29, 1.82) is 0 Å². The molecule has 2 N–H and O–H groups in total. The van der Waals surface area contributed by atoms with Crippen molar-refractivity contribution in [3.05, 3.63) is 43.0 Å². The molecular formula is C14H12N6O. The van der Waals surface area contributed by atoms with Gasteiger partial charge in [0.25, 0.3) is 0 Å². The first-order valence-corrected chi connectivity index (χ1v) is 6.38. The second-order valence-electron chi connectivity index (χ2n) is 4.61. The van der Waals surface area contributed by atoms with Crippen LogP contribution in [0.3, 0.4) is 0 Å². The second kappa shape index (κ2) is 4.20.